The second-order valence-corrected chi connectivity index (χ2v) is 11.9. The molecule has 2 aromatic carbocycles. The molecule has 32 heavy (non-hydrogen) atoms. The second-order valence-electron chi connectivity index (χ2n) is 8.31. The Hall–Kier alpha value is -2.36. The molecule has 0 spiro atoms. The quantitative estimate of drug-likeness (QED) is 0.347. The molecule has 4 aromatic rings. The van der Waals surface area contributed by atoms with Crippen molar-refractivity contribution in [3.05, 3.63) is 60.4 Å². The molecule has 0 aliphatic heterocycles. The fourth-order valence-electron chi connectivity index (χ4n) is 3.03. The van der Waals surface area contributed by atoms with Crippen molar-refractivity contribution >= 4 is 51.0 Å². The first-order valence-corrected chi connectivity index (χ1v) is 12.9. The highest BCUT2D eigenvalue weighted by atomic mass is 32.2. The van der Waals surface area contributed by atoms with E-state index in [1.165, 1.54) is 16.5 Å². The Labute approximate surface area is 200 Å². The third-order valence-electron chi connectivity index (χ3n) is 4.46. The molecule has 2 heterocycles. The molecule has 2 aromatic heterocycles. The zero-order valence-electron chi connectivity index (χ0n) is 18.4. The summed E-state index contributed by atoms with van der Waals surface area (Å²) in [5.41, 5.74) is 1.71. The summed E-state index contributed by atoms with van der Waals surface area (Å²) in [6.07, 6.45) is 0. The molecular weight excluding hydrogens is 458 g/mol. The molecule has 0 radical (unpaired) electrons. The smallest absolute Gasteiger partial charge is 0.233 e. The Morgan fingerprint density at radius 3 is 2.53 bits per heavy atom. The van der Waals surface area contributed by atoms with Crippen molar-refractivity contribution in [2.45, 2.75) is 53.7 Å². The molecule has 1 N–H and O–H groups in total. The molecule has 0 fully saturated rings. The molecule has 0 bridgehead atoms. The van der Waals surface area contributed by atoms with Crippen molar-refractivity contribution in [3.8, 4) is 5.69 Å². The highest BCUT2D eigenvalue weighted by Crippen LogP contribution is 2.33. The zero-order valence-corrected chi connectivity index (χ0v) is 20.9. The van der Waals surface area contributed by atoms with Gasteiger partial charge in [-0.15, -0.1) is 21.5 Å². The number of carbonyl (C=O) groups excluding carboxylic acids is 1. The summed E-state index contributed by atoms with van der Waals surface area (Å²) in [7, 11) is 0. The summed E-state index contributed by atoms with van der Waals surface area (Å²) in [6, 6.07) is 18.2. The number of para-hydroxylation sites is 2. The van der Waals surface area contributed by atoms with Crippen LogP contribution in [0, 0.1) is 0 Å². The molecule has 0 aliphatic rings. The van der Waals surface area contributed by atoms with E-state index < -0.39 is 0 Å². The van der Waals surface area contributed by atoms with Gasteiger partial charge in [-0.2, -0.15) is 0 Å². The first-order chi connectivity index (χ1) is 15.3. The van der Waals surface area contributed by atoms with Gasteiger partial charge in [0.1, 0.15) is 5.82 Å². The summed E-state index contributed by atoms with van der Waals surface area (Å²) in [5.74, 6) is 1.44. The van der Waals surface area contributed by atoms with Crippen molar-refractivity contribution < 1.29 is 4.79 Å². The highest BCUT2D eigenvalue weighted by Gasteiger charge is 2.24. The summed E-state index contributed by atoms with van der Waals surface area (Å²) in [5, 5.41) is 12.3. The van der Waals surface area contributed by atoms with Gasteiger partial charge in [-0.3, -0.25) is 9.36 Å². The van der Waals surface area contributed by atoms with Crippen LogP contribution in [-0.4, -0.2) is 36.4 Å². The normalized spacial score (nSPS) is 12.8. The van der Waals surface area contributed by atoms with Crippen LogP contribution in [0.3, 0.4) is 0 Å². The number of fused-ring (bicyclic) bond motifs is 1. The lowest BCUT2D eigenvalue weighted by Crippen LogP contribution is -2.44. The van der Waals surface area contributed by atoms with Crippen LogP contribution in [0.15, 0.2) is 64.1 Å². The van der Waals surface area contributed by atoms with Crippen LogP contribution >= 0.6 is 34.9 Å². The molecule has 9 heteroatoms. The lowest BCUT2D eigenvalue weighted by Gasteiger charge is -2.23. The summed E-state index contributed by atoms with van der Waals surface area (Å²) in [6.45, 7) is 7.83. The molecule has 0 saturated heterocycles. The van der Waals surface area contributed by atoms with Gasteiger partial charge in [-0.1, -0.05) is 53.9 Å². The third-order valence-corrected chi connectivity index (χ3v) is 7.68. The van der Waals surface area contributed by atoms with E-state index in [1.807, 2.05) is 80.8 Å². The Balaban J connectivity index is 1.57. The van der Waals surface area contributed by atoms with Crippen molar-refractivity contribution in [2.75, 3.05) is 0 Å². The number of amides is 1. The average Bonchev–Trinajstić information content (AvgIpc) is 3.35. The van der Waals surface area contributed by atoms with Gasteiger partial charge in [0.15, 0.2) is 9.50 Å². The number of thiazole rings is 1. The largest absolute Gasteiger partial charge is 0.351 e. The number of carbonyl (C=O) groups is 1. The zero-order chi connectivity index (χ0) is 22.7. The van der Waals surface area contributed by atoms with E-state index in [0.717, 1.165) is 21.4 Å². The van der Waals surface area contributed by atoms with Gasteiger partial charge in [0, 0.05) is 11.2 Å². The summed E-state index contributed by atoms with van der Waals surface area (Å²) < 4.78 is 4.21. The SMILES string of the molecule is CC(Sc1nnc(CSc2nc3ccccc3s2)n1-c1ccccc1)C(=O)NC(C)(C)C. The molecule has 4 rings (SSSR count). The summed E-state index contributed by atoms with van der Waals surface area (Å²) in [4.78, 5) is 17.3. The molecule has 1 amide bonds. The maximum Gasteiger partial charge on any atom is 0.233 e. The van der Waals surface area contributed by atoms with Crippen LogP contribution in [0.4, 0.5) is 0 Å². The number of hydrogen-bond donors (Lipinski definition) is 1. The molecule has 1 atom stereocenters. The predicted octanol–water partition coefficient (Wildman–Crippen LogP) is 5.56. The van der Waals surface area contributed by atoms with Gasteiger partial charge in [-0.05, 0) is 52.0 Å². The lowest BCUT2D eigenvalue weighted by atomic mass is 10.1. The number of hydrogen-bond acceptors (Lipinski definition) is 7. The van der Waals surface area contributed by atoms with E-state index in [0.29, 0.717) is 10.9 Å². The minimum atomic E-state index is -0.300. The maximum atomic E-state index is 12.6. The van der Waals surface area contributed by atoms with Crippen molar-refractivity contribution in [2.24, 2.45) is 0 Å². The van der Waals surface area contributed by atoms with Crippen molar-refractivity contribution in [3.63, 3.8) is 0 Å². The number of rotatable bonds is 7. The van der Waals surface area contributed by atoms with Gasteiger partial charge in [0.25, 0.3) is 0 Å². The van der Waals surface area contributed by atoms with Crippen LogP contribution in [0.2, 0.25) is 0 Å². The number of benzene rings is 2. The monoisotopic (exact) mass is 483 g/mol. The lowest BCUT2D eigenvalue weighted by molar-refractivity contribution is -0.121. The van der Waals surface area contributed by atoms with Gasteiger partial charge in [0.05, 0.1) is 21.2 Å². The Bertz CT molecular complexity index is 1180. The summed E-state index contributed by atoms with van der Waals surface area (Å²) >= 11 is 4.75. The van der Waals surface area contributed by atoms with Crippen LogP contribution in [0.25, 0.3) is 15.9 Å². The number of nitrogens with zero attached hydrogens (tertiary/aromatic N) is 4. The van der Waals surface area contributed by atoms with Crippen LogP contribution < -0.4 is 5.32 Å². The van der Waals surface area contributed by atoms with E-state index in [1.54, 1.807) is 23.1 Å². The number of aromatic nitrogens is 4. The first-order valence-electron chi connectivity index (χ1n) is 10.3. The van der Waals surface area contributed by atoms with Crippen LogP contribution in [-0.2, 0) is 10.5 Å². The van der Waals surface area contributed by atoms with E-state index in [-0.39, 0.29) is 16.7 Å². The Kier molecular flexibility index (Phi) is 6.88. The fourth-order valence-corrected chi connectivity index (χ4v) is 5.90. The highest BCUT2D eigenvalue weighted by molar-refractivity contribution is 8.00. The van der Waals surface area contributed by atoms with E-state index >= 15 is 0 Å². The minimum Gasteiger partial charge on any atom is -0.351 e. The molecule has 0 saturated carbocycles. The van der Waals surface area contributed by atoms with Gasteiger partial charge >= 0.3 is 0 Å². The van der Waals surface area contributed by atoms with Gasteiger partial charge in [-0.25, -0.2) is 4.98 Å². The minimum absolute atomic E-state index is 0.0180. The molecule has 6 nitrogen and oxygen atoms in total. The van der Waals surface area contributed by atoms with Crippen LogP contribution in [0.5, 0.6) is 0 Å². The Morgan fingerprint density at radius 1 is 1.09 bits per heavy atom. The average molecular weight is 484 g/mol. The molecule has 166 valence electrons. The molecule has 0 aliphatic carbocycles. The van der Waals surface area contributed by atoms with E-state index in [4.69, 9.17) is 4.98 Å². The molecule has 1 unspecified atom stereocenters. The van der Waals surface area contributed by atoms with Crippen molar-refractivity contribution in [1.82, 2.24) is 25.1 Å². The second kappa shape index (κ2) is 9.64. The third kappa shape index (κ3) is 5.51. The fraction of sp³-hybridized carbons (Fsp3) is 0.304. The number of nitrogens with one attached hydrogen (secondary N) is 1. The Morgan fingerprint density at radius 2 is 1.81 bits per heavy atom. The van der Waals surface area contributed by atoms with Crippen molar-refractivity contribution in [1.29, 1.82) is 0 Å². The van der Waals surface area contributed by atoms with E-state index in [2.05, 4.69) is 21.6 Å². The van der Waals surface area contributed by atoms with E-state index in [9.17, 15) is 4.79 Å². The molecular formula is C23H25N5OS3. The predicted molar refractivity (Wildman–Crippen MR) is 134 cm³/mol. The van der Waals surface area contributed by atoms with Crippen LogP contribution in [0.1, 0.15) is 33.5 Å². The number of thioether (sulfide) groups is 2. The maximum absolute atomic E-state index is 12.6. The van der Waals surface area contributed by atoms with Gasteiger partial charge in [0.2, 0.25) is 5.91 Å². The topological polar surface area (TPSA) is 72.7 Å². The standard InChI is InChI=1S/C23H25N5OS3/c1-15(20(29)25-23(2,3)4)31-21-27-26-19(28(21)16-10-6-5-7-11-16)14-30-22-24-17-12-8-9-13-18(17)32-22/h5-13,15H,14H2,1-4H3,(H,25,29). The van der Waals surface area contributed by atoms with Gasteiger partial charge < -0.3 is 5.32 Å². The first kappa shape index (κ1) is 22.8.